The zero-order chi connectivity index (χ0) is 13.5. The summed E-state index contributed by atoms with van der Waals surface area (Å²) in [6, 6.07) is 3.04. The van der Waals surface area contributed by atoms with Crippen LogP contribution in [-0.4, -0.2) is 35.0 Å². The molecule has 0 saturated heterocycles. The Balaban J connectivity index is 2.47. The van der Waals surface area contributed by atoms with Crippen molar-refractivity contribution < 1.29 is 4.79 Å². The summed E-state index contributed by atoms with van der Waals surface area (Å²) in [6.07, 6.45) is 2.40. The number of nitrogens with two attached hydrogens (primary N) is 2. The van der Waals surface area contributed by atoms with Crippen LogP contribution in [0.3, 0.4) is 0 Å². The zero-order valence-electron chi connectivity index (χ0n) is 10.6. The predicted molar refractivity (Wildman–Crippen MR) is 71.0 cm³/mol. The number of likely N-dealkylation sites (N-methyl/N-ethyl adjacent to an activating group) is 1. The van der Waals surface area contributed by atoms with E-state index in [0.29, 0.717) is 12.2 Å². The topological polar surface area (TPSA) is 94.3 Å². The second-order valence-corrected chi connectivity index (χ2v) is 4.18. The van der Waals surface area contributed by atoms with Gasteiger partial charge in [-0.3, -0.25) is 14.5 Å². The molecular formula is C12H20N4O2. The van der Waals surface area contributed by atoms with Crippen LogP contribution in [0.15, 0.2) is 23.1 Å². The van der Waals surface area contributed by atoms with Gasteiger partial charge in [-0.25, -0.2) is 0 Å². The van der Waals surface area contributed by atoms with E-state index in [1.54, 1.807) is 16.8 Å². The number of hydrogen-bond donors (Lipinski definition) is 2. The van der Waals surface area contributed by atoms with Crippen LogP contribution in [0.1, 0.15) is 13.3 Å². The van der Waals surface area contributed by atoms with Gasteiger partial charge in [-0.15, -0.1) is 0 Å². The lowest BCUT2D eigenvalue weighted by Gasteiger charge is -2.18. The van der Waals surface area contributed by atoms with Crippen molar-refractivity contribution in [3.05, 3.63) is 28.7 Å². The number of pyridine rings is 1. The van der Waals surface area contributed by atoms with Crippen LogP contribution < -0.4 is 17.0 Å². The fourth-order valence-corrected chi connectivity index (χ4v) is 1.76. The number of nitrogen functional groups attached to an aromatic ring is 1. The molecule has 0 aliphatic rings. The molecule has 1 aromatic heterocycles. The van der Waals surface area contributed by atoms with Gasteiger partial charge in [-0.05, 0) is 19.0 Å². The Morgan fingerprint density at radius 3 is 2.78 bits per heavy atom. The van der Waals surface area contributed by atoms with Crippen molar-refractivity contribution in [1.82, 2.24) is 9.47 Å². The number of rotatable bonds is 7. The van der Waals surface area contributed by atoms with Crippen LogP contribution >= 0.6 is 0 Å². The summed E-state index contributed by atoms with van der Waals surface area (Å²) in [5, 5.41) is 0. The molecule has 0 saturated carbocycles. The highest BCUT2D eigenvalue weighted by Gasteiger charge is 2.05. The summed E-state index contributed by atoms with van der Waals surface area (Å²) in [5.74, 6) is -0.335. The van der Waals surface area contributed by atoms with Crippen LogP contribution in [0.4, 0.5) is 5.69 Å². The van der Waals surface area contributed by atoms with Gasteiger partial charge in [0, 0.05) is 31.0 Å². The lowest BCUT2D eigenvalue weighted by Crippen LogP contribution is -2.35. The standard InChI is InChI=1S/C12H20N4O2/c1-2-15(9-11(14)17)6-3-7-16-8-10(13)4-5-12(16)18/h4-5,8H,2-3,6-7,9,13H2,1H3,(H2,14,17). The molecule has 100 valence electrons. The molecule has 0 bridgehead atoms. The first kappa shape index (κ1) is 14.2. The van der Waals surface area contributed by atoms with Crippen LogP contribution in [-0.2, 0) is 11.3 Å². The fraction of sp³-hybridized carbons (Fsp3) is 0.500. The van der Waals surface area contributed by atoms with E-state index < -0.39 is 0 Å². The van der Waals surface area contributed by atoms with Gasteiger partial charge in [-0.2, -0.15) is 0 Å². The van der Waals surface area contributed by atoms with Crippen molar-refractivity contribution >= 4 is 11.6 Å². The van der Waals surface area contributed by atoms with Crippen molar-refractivity contribution in [3.8, 4) is 0 Å². The Labute approximate surface area is 106 Å². The van der Waals surface area contributed by atoms with Gasteiger partial charge < -0.3 is 16.0 Å². The number of carbonyl (C=O) groups is 1. The normalized spacial score (nSPS) is 10.8. The highest BCUT2D eigenvalue weighted by Crippen LogP contribution is 1.98. The van der Waals surface area contributed by atoms with Crippen molar-refractivity contribution in [1.29, 1.82) is 0 Å². The highest BCUT2D eigenvalue weighted by atomic mass is 16.1. The first-order valence-electron chi connectivity index (χ1n) is 5.99. The summed E-state index contributed by atoms with van der Waals surface area (Å²) in [4.78, 5) is 24.3. The summed E-state index contributed by atoms with van der Waals surface area (Å²) in [5.41, 5.74) is 11.3. The number of anilines is 1. The predicted octanol–water partition coefficient (Wildman–Crippen LogP) is -0.372. The van der Waals surface area contributed by atoms with Crippen LogP contribution in [0, 0.1) is 0 Å². The second kappa shape index (κ2) is 6.80. The number of aryl methyl sites for hydroxylation is 1. The average molecular weight is 252 g/mol. The summed E-state index contributed by atoms with van der Waals surface area (Å²) < 4.78 is 1.58. The average Bonchev–Trinajstić information content (AvgIpc) is 2.31. The minimum absolute atomic E-state index is 0.0675. The molecule has 6 nitrogen and oxygen atoms in total. The van der Waals surface area contributed by atoms with Crippen molar-refractivity contribution in [2.24, 2.45) is 5.73 Å². The fourth-order valence-electron chi connectivity index (χ4n) is 1.76. The molecule has 0 aliphatic heterocycles. The molecule has 0 spiro atoms. The third-order valence-corrected chi connectivity index (χ3v) is 2.71. The van der Waals surface area contributed by atoms with Crippen LogP contribution in [0.5, 0.6) is 0 Å². The highest BCUT2D eigenvalue weighted by molar-refractivity contribution is 5.75. The van der Waals surface area contributed by atoms with E-state index in [9.17, 15) is 9.59 Å². The molecule has 1 aromatic rings. The van der Waals surface area contributed by atoms with Gasteiger partial charge in [0.1, 0.15) is 0 Å². The lowest BCUT2D eigenvalue weighted by molar-refractivity contribution is -0.119. The molecule has 18 heavy (non-hydrogen) atoms. The largest absolute Gasteiger partial charge is 0.398 e. The number of aromatic nitrogens is 1. The lowest BCUT2D eigenvalue weighted by atomic mass is 10.3. The maximum absolute atomic E-state index is 11.5. The first-order chi connectivity index (χ1) is 8.52. The van der Waals surface area contributed by atoms with Crippen LogP contribution in [0.25, 0.3) is 0 Å². The monoisotopic (exact) mass is 252 g/mol. The number of hydrogen-bond acceptors (Lipinski definition) is 4. The van der Waals surface area contributed by atoms with E-state index in [4.69, 9.17) is 11.5 Å². The van der Waals surface area contributed by atoms with Crippen molar-refractivity contribution in [3.63, 3.8) is 0 Å². The summed E-state index contributed by atoms with van der Waals surface area (Å²) in [6.45, 7) is 4.28. The Morgan fingerprint density at radius 1 is 1.44 bits per heavy atom. The zero-order valence-corrected chi connectivity index (χ0v) is 10.6. The van der Waals surface area contributed by atoms with E-state index in [1.165, 1.54) is 6.07 Å². The Kier molecular flexibility index (Phi) is 5.38. The SMILES string of the molecule is CCN(CCCn1cc(N)ccc1=O)CC(N)=O. The number of nitrogens with zero attached hydrogens (tertiary/aromatic N) is 2. The van der Waals surface area contributed by atoms with E-state index >= 15 is 0 Å². The van der Waals surface area contributed by atoms with Gasteiger partial charge in [0.15, 0.2) is 0 Å². The molecule has 0 fully saturated rings. The smallest absolute Gasteiger partial charge is 0.250 e. The third kappa shape index (κ3) is 4.58. The molecule has 6 heteroatoms. The molecule has 0 unspecified atom stereocenters. The van der Waals surface area contributed by atoms with Gasteiger partial charge in [0.25, 0.3) is 5.56 Å². The third-order valence-electron chi connectivity index (χ3n) is 2.71. The number of amides is 1. The van der Waals surface area contributed by atoms with Crippen LogP contribution in [0.2, 0.25) is 0 Å². The molecule has 0 radical (unpaired) electrons. The molecule has 0 aliphatic carbocycles. The first-order valence-corrected chi connectivity index (χ1v) is 5.99. The Hall–Kier alpha value is -1.82. The minimum Gasteiger partial charge on any atom is -0.398 e. The summed E-state index contributed by atoms with van der Waals surface area (Å²) >= 11 is 0. The second-order valence-electron chi connectivity index (χ2n) is 4.18. The quantitative estimate of drug-likeness (QED) is 0.692. The van der Waals surface area contributed by atoms with Crippen molar-refractivity contribution in [2.45, 2.75) is 19.9 Å². The van der Waals surface area contributed by atoms with E-state index in [0.717, 1.165) is 19.5 Å². The van der Waals surface area contributed by atoms with Gasteiger partial charge in [0.2, 0.25) is 5.91 Å². The molecule has 1 amide bonds. The van der Waals surface area contributed by atoms with Gasteiger partial charge in [0.05, 0.1) is 6.54 Å². The molecular weight excluding hydrogens is 232 g/mol. The van der Waals surface area contributed by atoms with Gasteiger partial charge >= 0.3 is 0 Å². The van der Waals surface area contributed by atoms with E-state index in [1.807, 2.05) is 11.8 Å². The molecule has 0 aromatic carbocycles. The Morgan fingerprint density at radius 2 is 2.17 bits per heavy atom. The number of primary amides is 1. The minimum atomic E-state index is -0.335. The maximum Gasteiger partial charge on any atom is 0.250 e. The van der Waals surface area contributed by atoms with Crippen molar-refractivity contribution in [2.75, 3.05) is 25.4 Å². The maximum atomic E-state index is 11.5. The van der Waals surface area contributed by atoms with E-state index in [2.05, 4.69) is 0 Å². The number of carbonyl (C=O) groups excluding carboxylic acids is 1. The summed E-state index contributed by atoms with van der Waals surface area (Å²) in [7, 11) is 0. The molecule has 4 N–H and O–H groups in total. The van der Waals surface area contributed by atoms with Gasteiger partial charge in [-0.1, -0.05) is 6.92 Å². The molecule has 1 rings (SSSR count). The van der Waals surface area contributed by atoms with E-state index in [-0.39, 0.29) is 18.0 Å². The molecule has 0 atom stereocenters. The molecule has 1 heterocycles. The Bertz CT molecular complexity index is 456.